The number of piperazine rings is 1. The maximum atomic E-state index is 12.4. The summed E-state index contributed by atoms with van der Waals surface area (Å²) in [6.45, 7) is 4.72. The van der Waals surface area contributed by atoms with Crippen LogP contribution in [-0.4, -0.2) is 54.9 Å². The van der Waals surface area contributed by atoms with Gasteiger partial charge in [0.25, 0.3) is 5.91 Å². The van der Waals surface area contributed by atoms with E-state index in [1.165, 1.54) is 0 Å². The van der Waals surface area contributed by atoms with Gasteiger partial charge in [-0.1, -0.05) is 12.1 Å². The van der Waals surface area contributed by atoms with Crippen molar-refractivity contribution < 1.29 is 9.59 Å². The molecule has 1 unspecified atom stereocenters. The average Bonchev–Trinajstić information content (AvgIpc) is 2.98. The molecule has 0 aromatic heterocycles. The molecule has 0 aliphatic carbocycles. The Balaban J connectivity index is 1.56. The summed E-state index contributed by atoms with van der Waals surface area (Å²) in [5.74, 6) is 0.608. The number of carbonyl (C=O) groups is 2. The van der Waals surface area contributed by atoms with Crippen LogP contribution in [0, 0.1) is 0 Å². The zero-order chi connectivity index (χ0) is 16.2. The summed E-state index contributed by atoms with van der Waals surface area (Å²) in [7, 11) is 0. The van der Waals surface area contributed by atoms with Gasteiger partial charge in [0.15, 0.2) is 5.96 Å². The summed E-state index contributed by atoms with van der Waals surface area (Å²) in [5.41, 5.74) is 1.68. The van der Waals surface area contributed by atoms with Crippen molar-refractivity contribution in [3.8, 4) is 0 Å². The highest BCUT2D eigenvalue weighted by Crippen LogP contribution is 2.09. The van der Waals surface area contributed by atoms with Gasteiger partial charge in [-0.15, -0.1) is 0 Å². The second-order valence-corrected chi connectivity index (χ2v) is 5.86. The molecule has 1 saturated heterocycles. The van der Waals surface area contributed by atoms with Gasteiger partial charge in [0, 0.05) is 31.2 Å². The molecule has 0 radical (unpaired) electrons. The van der Waals surface area contributed by atoms with Crippen molar-refractivity contribution in [1.82, 2.24) is 20.9 Å². The molecule has 1 fully saturated rings. The van der Waals surface area contributed by atoms with Gasteiger partial charge >= 0.3 is 0 Å². The molecule has 0 bridgehead atoms. The van der Waals surface area contributed by atoms with Gasteiger partial charge in [-0.25, -0.2) is 0 Å². The summed E-state index contributed by atoms with van der Waals surface area (Å²) in [4.78, 5) is 29.6. The molecule has 0 spiro atoms. The summed E-state index contributed by atoms with van der Waals surface area (Å²) in [6.07, 6.45) is 0. The molecule has 7 heteroatoms. The van der Waals surface area contributed by atoms with Crippen molar-refractivity contribution in [2.24, 2.45) is 4.99 Å². The van der Waals surface area contributed by atoms with Crippen LogP contribution in [-0.2, 0) is 11.3 Å². The lowest BCUT2D eigenvalue weighted by atomic mass is 10.1. The SMILES string of the molecule is CC1CN=C(NCc2ccc(C(=O)N3CCNC(=O)C3)cc2)N1. The molecular weight excluding hydrogens is 294 g/mol. The van der Waals surface area contributed by atoms with Gasteiger partial charge in [0.05, 0.1) is 13.1 Å². The molecule has 23 heavy (non-hydrogen) atoms. The third-order valence-electron chi connectivity index (χ3n) is 3.89. The van der Waals surface area contributed by atoms with Crippen molar-refractivity contribution in [2.45, 2.75) is 19.5 Å². The van der Waals surface area contributed by atoms with Crippen LogP contribution in [0.3, 0.4) is 0 Å². The number of carbonyl (C=O) groups excluding carboxylic acids is 2. The minimum Gasteiger partial charge on any atom is -0.353 e. The van der Waals surface area contributed by atoms with Crippen LogP contribution < -0.4 is 16.0 Å². The molecule has 122 valence electrons. The number of nitrogens with one attached hydrogen (secondary N) is 3. The first kappa shape index (κ1) is 15.3. The van der Waals surface area contributed by atoms with E-state index >= 15 is 0 Å². The fourth-order valence-corrected chi connectivity index (χ4v) is 2.61. The van der Waals surface area contributed by atoms with E-state index in [0.29, 0.717) is 31.2 Å². The van der Waals surface area contributed by atoms with Crippen LogP contribution in [0.5, 0.6) is 0 Å². The number of amides is 2. The van der Waals surface area contributed by atoms with Crippen molar-refractivity contribution in [1.29, 1.82) is 0 Å². The minimum absolute atomic E-state index is 0.102. The number of benzene rings is 1. The second kappa shape index (κ2) is 6.68. The predicted molar refractivity (Wildman–Crippen MR) is 87.1 cm³/mol. The quantitative estimate of drug-likeness (QED) is 0.715. The predicted octanol–water partition coefficient (Wildman–Crippen LogP) is -0.304. The standard InChI is InChI=1S/C16H21N5O2/c1-11-8-18-16(20-11)19-9-12-2-4-13(5-3-12)15(23)21-7-6-17-14(22)10-21/h2-5,11H,6-10H2,1H3,(H,17,22)(H2,18,19,20). The summed E-state index contributed by atoms with van der Waals surface area (Å²) >= 11 is 0. The number of hydrogen-bond donors (Lipinski definition) is 3. The molecule has 2 aliphatic heterocycles. The van der Waals surface area contributed by atoms with Gasteiger partial charge in [0.1, 0.15) is 0 Å². The molecule has 2 heterocycles. The molecule has 2 aliphatic rings. The molecule has 7 nitrogen and oxygen atoms in total. The smallest absolute Gasteiger partial charge is 0.254 e. The Bertz CT molecular complexity index is 626. The summed E-state index contributed by atoms with van der Waals surface area (Å²) < 4.78 is 0. The van der Waals surface area contributed by atoms with Crippen LogP contribution >= 0.6 is 0 Å². The van der Waals surface area contributed by atoms with E-state index in [4.69, 9.17) is 0 Å². The lowest BCUT2D eigenvalue weighted by Gasteiger charge is -2.26. The number of aliphatic imine (C=N–C) groups is 1. The van der Waals surface area contributed by atoms with Crippen LogP contribution in [0.15, 0.2) is 29.3 Å². The number of nitrogens with zero attached hydrogens (tertiary/aromatic N) is 2. The number of hydrogen-bond acceptors (Lipinski definition) is 5. The lowest BCUT2D eigenvalue weighted by Crippen LogP contribution is -2.49. The molecule has 1 aromatic carbocycles. The van der Waals surface area contributed by atoms with Crippen LogP contribution in [0.2, 0.25) is 0 Å². The van der Waals surface area contributed by atoms with Crippen LogP contribution in [0.1, 0.15) is 22.8 Å². The number of rotatable bonds is 3. The van der Waals surface area contributed by atoms with Crippen molar-refractivity contribution in [3.63, 3.8) is 0 Å². The third-order valence-corrected chi connectivity index (χ3v) is 3.89. The van der Waals surface area contributed by atoms with Gasteiger partial charge in [-0.2, -0.15) is 0 Å². The first-order valence-corrected chi connectivity index (χ1v) is 7.81. The van der Waals surface area contributed by atoms with Gasteiger partial charge < -0.3 is 20.9 Å². The maximum Gasteiger partial charge on any atom is 0.254 e. The highest BCUT2D eigenvalue weighted by molar-refractivity contribution is 5.97. The normalized spacial score (nSPS) is 20.6. The van der Waals surface area contributed by atoms with E-state index in [1.54, 1.807) is 17.0 Å². The molecule has 1 aromatic rings. The minimum atomic E-state index is -0.107. The molecule has 2 amide bonds. The van der Waals surface area contributed by atoms with E-state index in [2.05, 4.69) is 27.9 Å². The average molecular weight is 315 g/mol. The zero-order valence-electron chi connectivity index (χ0n) is 13.1. The summed E-state index contributed by atoms with van der Waals surface area (Å²) in [5, 5.41) is 9.19. The fourth-order valence-electron chi connectivity index (χ4n) is 2.61. The Morgan fingerprint density at radius 2 is 2.17 bits per heavy atom. The fraction of sp³-hybridized carbons (Fsp3) is 0.438. The van der Waals surface area contributed by atoms with Crippen molar-refractivity contribution in [2.75, 3.05) is 26.2 Å². The maximum absolute atomic E-state index is 12.4. The van der Waals surface area contributed by atoms with Gasteiger partial charge in [-0.3, -0.25) is 14.6 Å². The Morgan fingerprint density at radius 3 is 2.83 bits per heavy atom. The highest BCUT2D eigenvalue weighted by Gasteiger charge is 2.22. The highest BCUT2D eigenvalue weighted by atomic mass is 16.2. The zero-order valence-corrected chi connectivity index (χ0v) is 13.1. The third kappa shape index (κ3) is 3.80. The van der Waals surface area contributed by atoms with E-state index in [-0.39, 0.29) is 18.4 Å². The van der Waals surface area contributed by atoms with E-state index in [0.717, 1.165) is 18.1 Å². The van der Waals surface area contributed by atoms with Crippen molar-refractivity contribution >= 4 is 17.8 Å². The lowest BCUT2D eigenvalue weighted by molar-refractivity contribution is -0.123. The second-order valence-electron chi connectivity index (χ2n) is 5.86. The monoisotopic (exact) mass is 315 g/mol. The first-order valence-electron chi connectivity index (χ1n) is 7.81. The van der Waals surface area contributed by atoms with Crippen molar-refractivity contribution in [3.05, 3.63) is 35.4 Å². The van der Waals surface area contributed by atoms with Gasteiger partial charge in [-0.05, 0) is 24.6 Å². The van der Waals surface area contributed by atoms with Gasteiger partial charge in [0.2, 0.25) is 5.91 Å². The first-order chi connectivity index (χ1) is 11.1. The molecule has 0 saturated carbocycles. The topological polar surface area (TPSA) is 85.8 Å². The molecule has 1 atom stereocenters. The summed E-state index contributed by atoms with van der Waals surface area (Å²) in [6, 6.07) is 7.82. The Kier molecular flexibility index (Phi) is 4.45. The molecular formula is C16H21N5O2. The molecule has 3 rings (SSSR count). The van der Waals surface area contributed by atoms with E-state index < -0.39 is 0 Å². The van der Waals surface area contributed by atoms with E-state index in [9.17, 15) is 9.59 Å². The largest absolute Gasteiger partial charge is 0.353 e. The van der Waals surface area contributed by atoms with Crippen LogP contribution in [0.25, 0.3) is 0 Å². The Hall–Kier alpha value is -2.57. The number of guanidine groups is 1. The van der Waals surface area contributed by atoms with E-state index in [1.807, 2.05) is 12.1 Å². The van der Waals surface area contributed by atoms with Crippen LogP contribution in [0.4, 0.5) is 0 Å². The molecule has 3 N–H and O–H groups in total. The Labute approximate surface area is 135 Å². The Morgan fingerprint density at radius 1 is 1.39 bits per heavy atom.